The molecule has 1 aromatic heterocycles. The SMILES string of the molecule is CCOC(=O)c1cnc2cc(OCC)c(OCC)cc2c1Cl. The van der Waals surface area contributed by atoms with E-state index in [2.05, 4.69) is 4.98 Å². The Morgan fingerprint density at radius 3 is 2.32 bits per heavy atom. The molecule has 0 aliphatic heterocycles. The minimum absolute atomic E-state index is 0.239. The van der Waals surface area contributed by atoms with Crippen molar-refractivity contribution in [1.82, 2.24) is 4.98 Å². The molecule has 0 N–H and O–H groups in total. The van der Waals surface area contributed by atoms with Crippen LogP contribution in [0.2, 0.25) is 5.02 Å². The maximum atomic E-state index is 11.9. The Hall–Kier alpha value is -2.01. The third kappa shape index (κ3) is 3.25. The summed E-state index contributed by atoms with van der Waals surface area (Å²) in [5.41, 5.74) is 0.868. The summed E-state index contributed by atoms with van der Waals surface area (Å²) >= 11 is 6.34. The molecule has 5 nitrogen and oxygen atoms in total. The van der Waals surface area contributed by atoms with E-state index in [0.717, 1.165) is 0 Å². The van der Waals surface area contributed by atoms with Crippen molar-refractivity contribution in [2.45, 2.75) is 20.8 Å². The first-order valence-electron chi connectivity index (χ1n) is 7.17. The number of hydrogen-bond donors (Lipinski definition) is 0. The zero-order valence-electron chi connectivity index (χ0n) is 12.8. The van der Waals surface area contributed by atoms with Crippen LogP contribution in [0.1, 0.15) is 31.1 Å². The molecule has 6 heteroatoms. The van der Waals surface area contributed by atoms with Crippen LogP contribution >= 0.6 is 11.6 Å². The molecule has 1 aromatic carbocycles. The Morgan fingerprint density at radius 2 is 1.73 bits per heavy atom. The summed E-state index contributed by atoms with van der Waals surface area (Å²) in [6.07, 6.45) is 1.42. The molecule has 0 radical (unpaired) electrons. The van der Waals surface area contributed by atoms with E-state index in [9.17, 15) is 4.79 Å². The molecular weight excluding hydrogens is 306 g/mol. The Balaban J connectivity index is 2.58. The van der Waals surface area contributed by atoms with Crippen LogP contribution in [0.4, 0.5) is 0 Å². The molecule has 0 spiro atoms. The fourth-order valence-electron chi connectivity index (χ4n) is 2.06. The summed E-state index contributed by atoms with van der Waals surface area (Å²) in [5, 5.41) is 0.923. The highest BCUT2D eigenvalue weighted by molar-refractivity contribution is 6.38. The Kier molecular flexibility index (Phi) is 5.44. The monoisotopic (exact) mass is 323 g/mol. The van der Waals surface area contributed by atoms with Gasteiger partial charge in [0.2, 0.25) is 0 Å². The molecular formula is C16H18ClNO4. The largest absolute Gasteiger partial charge is 0.490 e. The number of halogens is 1. The number of pyridine rings is 1. The van der Waals surface area contributed by atoms with Crippen LogP contribution in [0.5, 0.6) is 11.5 Å². The number of esters is 1. The summed E-state index contributed by atoms with van der Waals surface area (Å²) in [6.45, 7) is 6.80. The molecule has 0 saturated carbocycles. The molecule has 0 fully saturated rings. The Labute approximate surface area is 134 Å². The van der Waals surface area contributed by atoms with Crippen LogP contribution in [0.3, 0.4) is 0 Å². The lowest BCUT2D eigenvalue weighted by Gasteiger charge is -2.13. The van der Waals surface area contributed by atoms with Gasteiger partial charge in [-0.3, -0.25) is 4.98 Å². The third-order valence-electron chi connectivity index (χ3n) is 2.96. The van der Waals surface area contributed by atoms with Gasteiger partial charge in [-0.2, -0.15) is 0 Å². The lowest BCUT2D eigenvalue weighted by atomic mass is 10.1. The number of rotatable bonds is 6. The topological polar surface area (TPSA) is 57.7 Å². The van der Waals surface area contributed by atoms with Crippen LogP contribution in [0.25, 0.3) is 10.9 Å². The van der Waals surface area contributed by atoms with Crippen molar-refractivity contribution in [3.63, 3.8) is 0 Å². The van der Waals surface area contributed by atoms with Crippen LogP contribution in [-0.4, -0.2) is 30.8 Å². The minimum Gasteiger partial charge on any atom is -0.490 e. The van der Waals surface area contributed by atoms with Gasteiger partial charge in [-0.1, -0.05) is 11.6 Å². The normalized spacial score (nSPS) is 10.5. The van der Waals surface area contributed by atoms with Crippen molar-refractivity contribution in [2.75, 3.05) is 19.8 Å². The second kappa shape index (κ2) is 7.31. The maximum Gasteiger partial charge on any atom is 0.341 e. The lowest BCUT2D eigenvalue weighted by molar-refractivity contribution is 0.0526. The summed E-state index contributed by atoms with van der Waals surface area (Å²) in [5.74, 6) is 0.680. The summed E-state index contributed by atoms with van der Waals surface area (Å²) in [4.78, 5) is 16.2. The summed E-state index contributed by atoms with van der Waals surface area (Å²) in [6, 6.07) is 3.49. The van der Waals surface area contributed by atoms with E-state index in [4.69, 9.17) is 25.8 Å². The molecule has 0 saturated heterocycles. The average molecular weight is 324 g/mol. The molecule has 2 rings (SSSR count). The predicted octanol–water partition coefficient (Wildman–Crippen LogP) is 3.86. The van der Waals surface area contributed by atoms with Crippen molar-refractivity contribution in [3.05, 3.63) is 28.9 Å². The number of ether oxygens (including phenoxy) is 3. The standard InChI is InChI=1S/C16H18ClNO4/c1-4-20-13-7-10-12(8-14(13)21-5-2)18-9-11(15(10)17)16(19)22-6-3/h7-9H,4-6H2,1-3H3. The van der Waals surface area contributed by atoms with Crippen molar-refractivity contribution < 1.29 is 19.0 Å². The van der Waals surface area contributed by atoms with Crippen molar-refractivity contribution in [2.24, 2.45) is 0 Å². The van der Waals surface area contributed by atoms with Gasteiger partial charge in [0.05, 0.1) is 35.9 Å². The number of aromatic nitrogens is 1. The molecule has 0 unspecified atom stereocenters. The van der Waals surface area contributed by atoms with Crippen LogP contribution in [0.15, 0.2) is 18.3 Å². The number of carbonyl (C=O) groups excluding carboxylic acids is 1. The van der Waals surface area contributed by atoms with E-state index in [1.54, 1.807) is 19.1 Å². The Morgan fingerprint density at radius 1 is 1.09 bits per heavy atom. The molecule has 1 heterocycles. The third-order valence-corrected chi connectivity index (χ3v) is 3.37. The zero-order chi connectivity index (χ0) is 16.1. The number of nitrogens with zero attached hydrogens (tertiary/aromatic N) is 1. The van der Waals surface area contributed by atoms with Gasteiger partial charge >= 0.3 is 5.97 Å². The van der Waals surface area contributed by atoms with Gasteiger partial charge in [0, 0.05) is 17.6 Å². The van der Waals surface area contributed by atoms with Gasteiger partial charge in [-0.15, -0.1) is 0 Å². The lowest BCUT2D eigenvalue weighted by Crippen LogP contribution is -2.06. The van der Waals surface area contributed by atoms with Gasteiger partial charge in [-0.05, 0) is 26.8 Å². The first kappa shape index (κ1) is 16.4. The number of fused-ring (bicyclic) bond motifs is 1. The van der Waals surface area contributed by atoms with Crippen LogP contribution < -0.4 is 9.47 Å². The molecule has 22 heavy (non-hydrogen) atoms. The van der Waals surface area contributed by atoms with E-state index < -0.39 is 5.97 Å². The second-order valence-electron chi connectivity index (χ2n) is 4.39. The highest BCUT2D eigenvalue weighted by Gasteiger charge is 2.17. The maximum absolute atomic E-state index is 11.9. The van der Waals surface area contributed by atoms with Crippen molar-refractivity contribution >= 4 is 28.5 Å². The van der Waals surface area contributed by atoms with Crippen LogP contribution in [0, 0.1) is 0 Å². The molecule has 0 atom stereocenters. The van der Waals surface area contributed by atoms with Gasteiger partial charge in [0.25, 0.3) is 0 Å². The van der Waals surface area contributed by atoms with E-state index in [1.165, 1.54) is 6.20 Å². The van der Waals surface area contributed by atoms with Crippen LogP contribution in [-0.2, 0) is 4.74 Å². The predicted molar refractivity (Wildman–Crippen MR) is 85.0 cm³/mol. The smallest absolute Gasteiger partial charge is 0.341 e. The minimum atomic E-state index is -0.492. The Bertz CT molecular complexity index is 687. The van der Waals surface area contributed by atoms with Gasteiger partial charge < -0.3 is 14.2 Å². The average Bonchev–Trinajstić information content (AvgIpc) is 2.49. The molecule has 0 aliphatic rings. The van der Waals surface area contributed by atoms with Gasteiger partial charge in [0.15, 0.2) is 11.5 Å². The zero-order valence-corrected chi connectivity index (χ0v) is 13.6. The molecule has 2 aromatic rings. The highest BCUT2D eigenvalue weighted by atomic mass is 35.5. The fourth-order valence-corrected chi connectivity index (χ4v) is 2.33. The van der Waals surface area contributed by atoms with Crippen molar-refractivity contribution in [3.8, 4) is 11.5 Å². The first-order chi connectivity index (χ1) is 10.6. The summed E-state index contributed by atoms with van der Waals surface area (Å²) in [7, 11) is 0. The highest BCUT2D eigenvalue weighted by Crippen LogP contribution is 2.36. The summed E-state index contributed by atoms with van der Waals surface area (Å²) < 4.78 is 16.1. The first-order valence-corrected chi connectivity index (χ1v) is 7.55. The van der Waals surface area contributed by atoms with E-state index in [-0.39, 0.29) is 12.2 Å². The second-order valence-corrected chi connectivity index (χ2v) is 4.77. The quantitative estimate of drug-likeness (QED) is 0.755. The van der Waals surface area contributed by atoms with E-state index >= 15 is 0 Å². The molecule has 0 amide bonds. The molecule has 0 bridgehead atoms. The number of benzene rings is 1. The fraction of sp³-hybridized carbons (Fsp3) is 0.375. The molecule has 0 aliphatic carbocycles. The van der Waals surface area contributed by atoms with Crippen molar-refractivity contribution in [1.29, 1.82) is 0 Å². The van der Waals surface area contributed by atoms with Gasteiger partial charge in [0.1, 0.15) is 0 Å². The number of hydrogen-bond acceptors (Lipinski definition) is 5. The van der Waals surface area contributed by atoms with Gasteiger partial charge in [-0.25, -0.2) is 4.79 Å². The van der Waals surface area contributed by atoms with E-state index in [1.807, 2.05) is 13.8 Å². The number of carbonyl (C=O) groups is 1. The van der Waals surface area contributed by atoms with E-state index in [0.29, 0.717) is 40.6 Å². The molecule has 118 valence electrons.